The van der Waals surface area contributed by atoms with E-state index in [0.717, 1.165) is 17.0 Å². The zero-order valence-electron chi connectivity index (χ0n) is 9.90. The third kappa shape index (κ3) is 2.82. The number of rotatable bonds is 5. The van der Waals surface area contributed by atoms with Crippen LogP contribution in [0.4, 0.5) is 0 Å². The van der Waals surface area contributed by atoms with E-state index in [2.05, 4.69) is 5.10 Å². The van der Waals surface area contributed by atoms with Crippen molar-refractivity contribution in [3.05, 3.63) is 17.0 Å². The summed E-state index contributed by atoms with van der Waals surface area (Å²) in [4.78, 5) is 10.7. The van der Waals surface area contributed by atoms with Crippen LogP contribution in [-0.2, 0) is 17.8 Å². The highest BCUT2D eigenvalue weighted by Gasteiger charge is 2.15. The molecule has 0 saturated carbocycles. The molecule has 0 aliphatic heterocycles. The second kappa shape index (κ2) is 5.12. The number of aliphatic hydroxyl groups excluding tert-OH is 1. The first-order valence-corrected chi connectivity index (χ1v) is 5.31. The van der Waals surface area contributed by atoms with E-state index in [1.165, 1.54) is 0 Å². The van der Waals surface area contributed by atoms with Crippen molar-refractivity contribution < 1.29 is 15.0 Å². The van der Waals surface area contributed by atoms with Gasteiger partial charge in [0.2, 0.25) is 0 Å². The van der Waals surface area contributed by atoms with Crippen molar-refractivity contribution in [2.75, 3.05) is 6.61 Å². The van der Waals surface area contributed by atoms with Crippen LogP contribution in [0.3, 0.4) is 0 Å². The molecule has 1 rings (SSSR count). The molecule has 0 radical (unpaired) electrons. The van der Waals surface area contributed by atoms with Crippen molar-refractivity contribution in [2.45, 2.75) is 33.7 Å². The van der Waals surface area contributed by atoms with Crippen LogP contribution >= 0.6 is 0 Å². The largest absolute Gasteiger partial charge is 0.481 e. The summed E-state index contributed by atoms with van der Waals surface area (Å²) >= 11 is 0. The maximum absolute atomic E-state index is 10.7. The van der Waals surface area contributed by atoms with E-state index in [-0.39, 0.29) is 18.9 Å². The smallest absolute Gasteiger partial charge is 0.307 e. The number of carboxylic acid groups (broad SMARTS) is 1. The number of nitrogens with zero attached hydrogens (tertiary/aromatic N) is 2. The van der Waals surface area contributed by atoms with Gasteiger partial charge in [-0.05, 0) is 19.8 Å². The van der Waals surface area contributed by atoms with Crippen LogP contribution in [0.1, 0.15) is 23.9 Å². The zero-order valence-corrected chi connectivity index (χ0v) is 9.90. The van der Waals surface area contributed by atoms with Gasteiger partial charge < -0.3 is 10.2 Å². The van der Waals surface area contributed by atoms with Gasteiger partial charge in [0.15, 0.2) is 0 Å². The average Bonchev–Trinajstić information content (AvgIpc) is 2.45. The number of hydrogen-bond donors (Lipinski definition) is 2. The molecule has 1 unspecified atom stereocenters. The van der Waals surface area contributed by atoms with E-state index in [9.17, 15) is 4.79 Å². The molecule has 90 valence electrons. The van der Waals surface area contributed by atoms with Crippen molar-refractivity contribution in [3.63, 3.8) is 0 Å². The summed E-state index contributed by atoms with van der Waals surface area (Å²) in [5, 5.41) is 22.0. The highest BCUT2D eigenvalue weighted by molar-refractivity contribution is 5.70. The minimum Gasteiger partial charge on any atom is -0.481 e. The van der Waals surface area contributed by atoms with E-state index < -0.39 is 5.97 Å². The molecule has 1 heterocycles. The van der Waals surface area contributed by atoms with E-state index in [0.29, 0.717) is 6.54 Å². The molecule has 0 aliphatic carbocycles. The Morgan fingerprint density at radius 2 is 2.12 bits per heavy atom. The molecule has 0 spiro atoms. The molecular weight excluding hydrogens is 208 g/mol. The number of aliphatic carboxylic acids is 1. The van der Waals surface area contributed by atoms with Crippen molar-refractivity contribution in [3.8, 4) is 0 Å². The fourth-order valence-corrected chi connectivity index (χ4v) is 1.67. The number of aliphatic hydroxyl groups is 1. The monoisotopic (exact) mass is 226 g/mol. The maximum Gasteiger partial charge on any atom is 0.307 e. The highest BCUT2D eigenvalue weighted by atomic mass is 16.4. The lowest BCUT2D eigenvalue weighted by molar-refractivity contribution is -0.136. The molecular formula is C11H18N2O3. The first-order valence-electron chi connectivity index (χ1n) is 5.31. The SMILES string of the molecule is Cc1nn(CC(C)CO)c(C)c1CC(=O)O. The zero-order chi connectivity index (χ0) is 12.3. The summed E-state index contributed by atoms with van der Waals surface area (Å²) in [6, 6.07) is 0. The van der Waals surface area contributed by atoms with E-state index in [1.54, 1.807) is 4.68 Å². The standard InChI is InChI=1S/C11H18N2O3/c1-7(6-14)5-13-9(3)10(4-11(15)16)8(2)12-13/h7,14H,4-6H2,1-3H3,(H,15,16). The molecule has 0 amide bonds. The summed E-state index contributed by atoms with van der Waals surface area (Å²) in [6.07, 6.45) is 0.00513. The Kier molecular flexibility index (Phi) is 4.06. The molecule has 5 nitrogen and oxygen atoms in total. The fraction of sp³-hybridized carbons (Fsp3) is 0.636. The summed E-state index contributed by atoms with van der Waals surface area (Å²) in [5.74, 6) is -0.725. The van der Waals surface area contributed by atoms with Gasteiger partial charge in [-0.15, -0.1) is 0 Å². The van der Waals surface area contributed by atoms with E-state index in [4.69, 9.17) is 10.2 Å². The van der Waals surface area contributed by atoms with Gasteiger partial charge in [0.05, 0.1) is 12.1 Å². The van der Waals surface area contributed by atoms with E-state index in [1.807, 2.05) is 20.8 Å². The van der Waals surface area contributed by atoms with Gasteiger partial charge in [0.25, 0.3) is 0 Å². The van der Waals surface area contributed by atoms with Gasteiger partial charge in [-0.25, -0.2) is 0 Å². The van der Waals surface area contributed by atoms with Crippen molar-refractivity contribution in [1.29, 1.82) is 0 Å². The summed E-state index contributed by atoms with van der Waals surface area (Å²) in [6.45, 7) is 6.32. The molecule has 0 bridgehead atoms. The van der Waals surface area contributed by atoms with E-state index >= 15 is 0 Å². The first kappa shape index (κ1) is 12.7. The Morgan fingerprint density at radius 1 is 1.50 bits per heavy atom. The predicted octanol–water partition coefficient (Wildman–Crippen LogP) is 0.755. The number of aromatic nitrogens is 2. The average molecular weight is 226 g/mol. The van der Waals surface area contributed by atoms with Crippen LogP contribution in [0.15, 0.2) is 0 Å². The molecule has 0 fully saturated rings. The second-order valence-electron chi connectivity index (χ2n) is 4.19. The normalized spacial score (nSPS) is 12.8. The number of hydrogen-bond acceptors (Lipinski definition) is 3. The number of aryl methyl sites for hydroxylation is 1. The minimum absolute atomic E-state index is 0.00513. The van der Waals surface area contributed by atoms with Crippen molar-refractivity contribution in [1.82, 2.24) is 9.78 Å². The Balaban J connectivity index is 2.92. The molecule has 1 atom stereocenters. The predicted molar refractivity (Wildman–Crippen MR) is 59.3 cm³/mol. The Hall–Kier alpha value is -1.36. The molecule has 0 saturated heterocycles. The Bertz CT molecular complexity index is 385. The lowest BCUT2D eigenvalue weighted by Crippen LogP contribution is -2.13. The van der Waals surface area contributed by atoms with Crippen LogP contribution in [-0.4, -0.2) is 32.6 Å². The molecule has 16 heavy (non-hydrogen) atoms. The van der Waals surface area contributed by atoms with Crippen LogP contribution < -0.4 is 0 Å². The van der Waals surface area contributed by atoms with Crippen LogP contribution in [0, 0.1) is 19.8 Å². The second-order valence-corrected chi connectivity index (χ2v) is 4.19. The van der Waals surface area contributed by atoms with Crippen LogP contribution in [0.2, 0.25) is 0 Å². The van der Waals surface area contributed by atoms with Crippen molar-refractivity contribution in [2.24, 2.45) is 5.92 Å². The van der Waals surface area contributed by atoms with Crippen molar-refractivity contribution >= 4 is 5.97 Å². The van der Waals surface area contributed by atoms with Gasteiger partial charge in [0.1, 0.15) is 0 Å². The minimum atomic E-state index is -0.846. The van der Waals surface area contributed by atoms with Crippen LogP contribution in [0.25, 0.3) is 0 Å². The third-order valence-corrected chi connectivity index (χ3v) is 2.66. The lowest BCUT2D eigenvalue weighted by Gasteiger charge is -2.09. The quantitative estimate of drug-likeness (QED) is 0.777. The molecule has 1 aromatic rings. The molecule has 0 aromatic carbocycles. The number of carboxylic acids is 1. The van der Waals surface area contributed by atoms with Gasteiger partial charge in [-0.2, -0.15) is 5.10 Å². The van der Waals surface area contributed by atoms with Gasteiger partial charge in [-0.1, -0.05) is 6.92 Å². The molecule has 0 aliphatic rings. The summed E-state index contributed by atoms with van der Waals surface area (Å²) < 4.78 is 1.77. The number of carbonyl (C=O) groups is 1. The maximum atomic E-state index is 10.7. The molecule has 5 heteroatoms. The first-order chi connectivity index (χ1) is 7.45. The Morgan fingerprint density at radius 3 is 2.62 bits per heavy atom. The molecule has 1 aromatic heterocycles. The van der Waals surface area contributed by atoms with Gasteiger partial charge in [0, 0.05) is 24.4 Å². The summed E-state index contributed by atoms with van der Waals surface area (Å²) in [5.41, 5.74) is 2.41. The Labute approximate surface area is 94.7 Å². The summed E-state index contributed by atoms with van der Waals surface area (Å²) in [7, 11) is 0. The highest BCUT2D eigenvalue weighted by Crippen LogP contribution is 2.15. The van der Waals surface area contributed by atoms with Crippen LogP contribution in [0.5, 0.6) is 0 Å². The molecule has 2 N–H and O–H groups in total. The fourth-order valence-electron chi connectivity index (χ4n) is 1.67. The topological polar surface area (TPSA) is 75.3 Å². The lowest BCUT2D eigenvalue weighted by atomic mass is 10.1. The van der Waals surface area contributed by atoms with Gasteiger partial charge in [-0.3, -0.25) is 9.48 Å². The third-order valence-electron chi connectivity index (χ3n) is 2.66. The van der Waals surface area contributed by atoms with Gasteiger partial charge >= 0.3 is 5.97 Å².